The van der Waals surface area contributed by atoms with Gasteiger partial charge in [-0.1, -0.05) is 18.2 Å². The first-order chi connectivity index (χ1) is 13.0. The number of carbonyl (C=O) groups is 2. The number of rotatable bonds is 6. The summed E-state index contributed by atoms with van der Waals surface area (Å²) in [6, 6.07) is 12.8. The van der Waals surface area contributed by atoms with Crippen LogP contribution in [0.1, 0.15) is 40.4 Å². The summed E-state index contributed by atoms with van der Waals surface area (Å²) >= 11 is 0. The molecule has 6 heteroatoms. The van der Waals surface area contributed by atoms with Crippen LogP contribution in [0, 0.1) is 0 Å². The molecule has 1 aliphatic heterocycles. The maximum atomic E-state index is 12.7. The monoisotopic (exact) mass is 367 g/mol. The van der Waals surface area contributed by atoms with Crippen molar-refractivity contribution < 1.29 is 14.7 Å². The molecule has 1 aromatic carbocycles. The number of likely N-dealkylation sites (tertiary alicyclic amines) is 1. The van der Waals surface area contributed by atoms with Gasteiger partial charge < -0.3 is 10.0 Å². The average molecular weight is 367 g/mol. The highest BCUT2D eigenvalue weighted by molar-refractivity contribution is 5.87. The maximum Gasteiger partial charge on any atom is 0.335 e. The van der Waals surface area contributed by atoms with E-state index >= 15 is 0 Å². The van der Waals surface area contributed by atoms with E-state index in [0.29, 0.717) is 25.2 Å². The van der Waals surface area contributed by atoms with E-state index in [1.54, 1.807) is 18.3 Å². The minimum Gasteiger partial charge on any atom is -0.478 e. The molecule has 6 nitrogen and oxygen atoms in total. The number of amides is 1. The van der Waals surface area contributed by atoms with Crippen LogP contribution in [-0.4, -0.2) is 58.4 Å². The Kier molecular flexibility index (Phi) is 6.19. The Bertz CT molecular complexity index is 777. The van der Waals surface area contributed by atoms with Gasteiger partial charge in [0.05, 0.1) is 17.8 Å². The second-order valence-electron chi connectivity index (χ2n) is 7.10. The van der Waals surface area contributed by atoms with Gasteiger partial charge in [0.2, 0.25) is 5.91 Å². The molecule has 0 bridgehead atoms. The Balaban J connectivity index is 1.56. The van der Waals surface area contributed by atoms with E-state index in [2.05, 4.69) is 4.98 Å². The van der Waals surface area contributed by atoms with Crippen molar-refractivity contribution in [2.45, 2.75) is 25.3 Å². The van der Waals surface area contributed by atoms with Crippen molar-refractivity contribution in [1.82, 2.24) is 14.8 Å². The number of piperidine rings is 1. The van der Waals surface area contributed by atoms with Gasteiger partial charge in [-0.05, 0) is 49.7 Å². The third-order valence-electron chi connectivity index (χ3n) is 4.97. The number of nitrogens with zero attached hydrogens (tertiary/aromatic N) is 3. The van der Waals surface area contributed by atoms with Crippen LogP contribution in [0.4, 0.5) is 0 Å². The first kappa shape index (κ1) is 19.0. The zero-order valence-electron chi connectivity index (χ0n) is 15.5. The molecule has 0 aliphatic carbocycles. The predicted molar refractivity (Wildman–Crippen MR) is 103 cm³/mol. The molecule has 2 aromatic rings. The predicted octanol–water partition coefficient (Wildman–Crippen LogP) is 2.62. The molecule has 27 heavy (non-hydrogen) atoms. The van der Waals surface area contributed by atoms with Crippen molar-refractivity contribution in [3.8, 4) is 0 Å². The highest BCUT2D eigenvalue weighted by Gasteiger charge is 2.25. The second-order valence-corrected chi connectivity index (χ2v) is 7.10. The Morgan fingerprint density at radius 3 is 2.67 bits per heavy atom. The van der Waals surface area contributed by atoms with Crippen molar-refractivity contribution in [1.29, 1.82) is 0 Å². The first-order valence-corrected chi connectivity index (χ1v) is 9.22. The fourth-order valence-electron chi connectivity index (χ4n) is 3.53. The van der Waals surface area contributed by atoms with E-state index in [-0.39, 0.29) is 11.8 Å². The lowest BCUT2D eigenvalue weighted by Gasteiger charge is -2.34. The minimum absolute atomic E-state index is 0.125. The normalized spacial score (nSPS) is 17.1. The molecule has 1 unspecified atom stereocenters. The highest BCUT2D eigenvalue weighted by atomic mass is 16.4. The molecule has 0 radical (unpaired) electrons. The minimum atomic E-state index is -0.919. The van der Waals surface area contributed by atoms with Crippen LogP contribution in [0.15, 0.2) is 48.7 Å². The molecule has 1 amide bonds. The topological polar surface area (TPSA) is 73.7 Å². The van der Waals surface area contributed by atoms with Gasteiger partial charge in [0.15, 0.2) is 0 Å². The van der Waals surface area contributed by atoms with Crippen LogP contribution >= 0.6 is 0 Å². The van der Waals surface area contributed by atoms with E-state index in [9.17, 15) is 9.59 Å². The van der Waals surface area contributed by atoms with Gasteiger partial charge in [-0.25, -0.2) is 4.79 Å². The molecule has 0 saturated carbocycles. The van der Waals surface area contributed by atoms with Gasteiger partial charge in [-0.2, -0.15) is 0 Å². The van der Waals surface area contributed by atoms with Gasteiger partial charge in [0.1, 0.15) is 0 Å². The van der Waals surface area contributed by atoms with Crippen LogP contribution in [0.5, 0.6) is 0 Å². The zero-order chi connectivity index (χ0) is 19.2. The number of hydrogen-bond donors (Lipinski definition) is 1. The molecular formula is C21H25N3O3. The summed E-state index contributed by atoms with van der Waals surface area (Å²) in [7, 11) is 1.93. The van der Waals surface area contributed by atoms with Crippen molar-refractivity contribution in [3.05, 3.63) is 65.5 Å². The van der Waals surface area contributed by atoms with Gasteiger partial charge in [0.25, 0.3) is 0 Å². The number of hydrogen-bond acceptors (Lipinski definition) is 4. The zero-order valence-corrected chi connectivity index (χ0v) is 15.5. The summed E-state index contributed by atoms with van der Waals surface area (Å²) in [5, 5.41) is 9.03. The molecule has 0 spiro atoms. The third kappa shape index (κ3) is 5.14. The molecule has 3 rings (SSSR count). The molecule has 1 aromatic heterocycles. The number of likely N-dealkylation sites (N-methyl/N-ethyl adjacent to an activating group) is 1. The van der Waals surface area contributed by atoms with Crippen molar-refractivity contribution in [2.75, 3.05) is 26.7 Å². The largest absolute Gasteiger partial charge is 0.478 e. The van der Waals surface area contributed by atoms with E-state index in [1.807, 2.05) is 47.2 Å². The number of carboxylic acid groups (broad SMARTS) is 1. The lowest BCUT2D eigenvalue weighted by Crippen LogP contribution is -2.43. The van der Waals surface area contributed by atoms with Gasteiger partial charge >= 0.3 is 5.97 Å². The van der Waals surface area contributed by atoms with Crippen molar-refractivity contribution >= 4 is 11.9 Å². The molecular weight excluding hydrogens is 342 g/mol. The number of carboxylic acids is 1. The van der Waals surface area contributed by atoms with Crippen LogP contribution in [-0.2, 0) is 11.3 Å². The first-order valence-electron chi connectivity index (χ1n) is 9.22. The SMILES string of the molecule is CN(CC(=O)N1CCCC(c2ccc(C(=O)O)cc2)C1)Cc1ccccn1. The van der Waals surface area contributed by atoms with Gasteiger partial charge in [-0.3, -0.25) is 14.7 Å². The van der Waals surface area contributed by atoms with E-state index in [4.69, 9.17) is 5.11 Å². The highest BCUT2D eigenvalue weighted by Crippen LogP contribution is 2.27. The van der Waals surface area contributed by atoms with Crippen LogP contribution in [0.3, 0.4) is 0 Å². The number of pyridine rings is 1. The van der Waals surface area contributed by atoms with E-state index in [0.717, 1.165) is 30.6 Å². The van der Waals surface area contributed by atoms with Crippen LogP contribution in [0.25, 0.3) is 0 Å². The lowest BCUT2D eigenvalue weighted by molar-refractivity contribution is -0.133. The Labute approximate surface area is 159 Å². The van der Waals surface area contributed by atoms with E-state index in [1.165, 1.54) is 0 Å². The number of carbonyl (C=O) groups excluding carboxylic acids is 1. The Morgan fingerprint density at radius 2 is 2.00 bits per heavy atom. The molecule has 1 N–H and O–H groups in total. The van der Waals surface area contributed by atoms with Crippen molar-refractivity contribution in [3.63, 3.8) is 0 Å². The number of aromatic carboxylic acids is 1. The Morgan fingerprint density at radius 1 is 1.22 bits per heavy atom. The average Bonchev–Trinajstić information content (AvgIpc) is 2.69. The standard InChI is InChI=1S/C21H25N3O3/c1-23(14-19-6-2-3-11-22-19)15-20(25)24-12-4-5-18(13-24)16-7-9-17(10-8-16)21(26)27/h2-3,6-11,18H,4-5,12-15H2,1H3,(H,26,27). The molecule has 1 atom stereocenters. The van der Waals surface area contributed by atoms with Crippen molar-refractivity contribution in [2.24, 2.45) is 0 Å². The maximum absolute atomic E-state index is 12.7. The summed E-state index contributed by atoms with van der Waals surface area (Å²) in [5.41, 5.74) is 2.33. The van der Waals surface area contributed by atoms with E-state index < -0.39 is 5.97 Å². The summed E-state index contributed by atoms with van der Waals surface area (Å²) in [5.74, 6) is -0.537. The molecule has 142 valence electrons. The quantitative estimate of drug-likeness (QED) is 0.850. The van der Waals surface area contributed by atoms with Gasteiger partial charge in [0, 0.05) is 31.7 Å². The third-order valence-corrected chi connectivity index (χ3v) is 4.97. The lowest BCUT2D eigenvalue weighted by atomic mass is 9.90. The smallest absolute Gasteiger partial charge is 0.335 e. The van der Waals surface area contributed by atoms with Crippen LogP contribution < -0.4 is 0 Å². The molecule has 1 fully saturated rings. The summed E-state index contributed by atoms with van der Waals surface area (Å²) in [6.07, 6.45) is 3.73. The number of aromatic nitrogens is 1. The fraction of sp³-hybridized carbons (Fsp3) is 0.381. The molecule has 2 heterocycles. The summed E-state index contributed by atoms with van der Waals surface area (Å²) in [4.78, 5) is 31.9. The second kappa shape index (κ2) is 8.77. The summed E-state index contributed by atoms with van der Waals surface area (Å²) < 4.78 is 0. The van der Waals surface area contributed by atoms with Gasteiger partial charge in [-0.15, -0.1) is 0 Å². The Hall–Kier alpha value is -2.73. The fourth-order valence-corrected chi connectivity index (χ4v) is 3.53. The molecule has 1 aliphatic rings. The van der Waals surface area contributed by atoms with Crippen LogP contribution in [0.2, 0.25) is 0 Å². The number of benzene rings is 1. The molecule has 1 saturated heterocycles. The summed E-state index contributed by atoms with van der Waals surface area (Å²) in [6.45, 7) is 2.46.